The number of likely N-dealkylation sites (N-methyl/N-ethyl adjacent to an activating group) is 1. The van der Waals surface area contributed by atoms with Crippen molar-refractivity contribution in [1.82, 2.24) is 14.5 Å². The van der Waals surface area contributed by atoms with Crippen molar-refractivity contribution >= 4 is 27.5 Å². The molecule has 0 aromatic carbocycles. The number of nitrogens with zero attached hydrogens (tertiary/aromatic N) is 3. The van der Waals surface area contributed by atoms with Crippen LogP contribution in [0, 0.1) is 0 Å². The first-order valence-corrected chi connectivity index (χ1v) is 9.26. The Balaban J connectivity index is 2.09. The van der Waals surface area contributed by atoms with Crippen LogP contribution in [0.25, 0.3) is 10.2 Å². The third-order valence-corrected chi connectivity index (χ3v) is 5.57. The summed E-state index contributed by atoms with van der Waals surface area (Å²) in [5, 5.41) is 4.23. The van der Waals surface area contributed by atoms with Crippen molar-refractivity contribution in [3.05, 3.63) is 20.8 Å². The number of aromatic nitrogens is 2. The van der Waals surface area contributed by atoms with Crippen molar-refractivity contribution in [3.8, 4) is 0 Å². The molecule has 2 aromatic rings. The Morgan fingerprint density at radius 2 is 2.04 bits per heavy atom. The van der Waals surface area contributed by atoms with Crippen LogP contribution in [-0.4, -0.2) is 41.6 Å². The number of rotatable bonds is 5. The molecule has 2 heterocycles. The topological polar surface area (TPSA) is 50.2 Å². The van der Waals surface area contributed by atoms with E-state index in [1.54, 1.807) is 11.3 Å². The summed E-state index contributed by atoms with van der Waals surface area (Å²) in [5.74, 6) is 0.706. The first-order valence-electron chi connectivity index (χ1n) is 8.44. The summed E-state index contributed by atoms with van der Waals surface area (Å²) in [6.45, 7) is 5.78. The van der Waals surface area contributed by atoms with Gasteiger partial charge in [-0.3, -0.25) is 9.36 Å². The molecule has 0 radical (unpaired) electrons. The number of anilines is 1. The van der Waals surface area contributed by atoms with E-state index in [0.29, 0.717) is 5.95 Å². The van der Waals surface area contributed by atoms with Gasteiger partial charge in [0.2, 0.25) is 5.95 Å². The molecule has 0 spiro atoms. The lowest BCUT2D eigenvalue weighted by Crippen LogP contribution is -2.29. The SMILES string of the molecule is CC(C)n1c(NCCN(C)C)nc2sc3c(c2c1=O)CCCC3. The number of fused-ring (bicyclic) bond motifs is 3. The summed E-state index contributed by atoms with van der Waals surface area (Å²) in [6.07, 6.45) is 4.54. The maximum Gasteiger partial charge on any atom is 0.264 e. The first kappa shape index (κ1) is 16.5. The average molecular weight is 334 g/mol. The molecule has 0 aliphatic heterocycles. The van der Waals surface area contributed by atoms with E-state index in [1.165, 1.54) is 23.3 Å². The fraction of sp³-hybridized carbons (Fsp3) is 0.647. The molecule has 6 heteroatoms. The lowest BCUT2D eigenvalue weighted by atomic mass is 9.97. The van der Waals surface area contributed by atoms with Crippen molar-refractivity contribution in [2.45, 2.75) is 45.6 Å². The van der Waals surface area contributed by atoms with E-state index < -0.39 is 0 Å². The summed E-state index contributed by atoms with van der Waals surface area (Å²) in [6, 6.07) is 0.0976. The highest BCUT2D eigenvalue weighted by atomic mass is 32.1. The summed E-state index contributed by atoms with van der Waals surface area (Å²) in [4.78, 5) is 22.3. The maximum absolute atomic E-state index is 13.1. The van der Waals surface area contributed by atoms with E-state index in [0.717, 1.165) is 36.1 Å². The molecule has 0 bridgehead atoms. The highest BCUT2D eigenvalue weighted by Gasteiger charge is 2.22. The zero-order valence-electron chi connectivity index (χ0n) is 14.5. The van der Waals surface area contributed by atoms with Gasteiger partial charge < -0.3 is 10.2 Å². The first-order chi connectivity index (χ1) is 11.0. The zero-order valence-corrected chi connectivity index (χ0v) is 15.3. The van der Waals surface area contributed by atoms with Gasteiger partial charge in [-0.15, -0.1) is 11.3 Å². The molecular formula is C17H26N4OS. The summed E-state index contributed by atoms with van der Waals surface area (Å²) >= 11 is 1.71. The van der Waals surface area contributed by atoms with Crippen LogP contribution in [0.5, 0.6) is 0 Å². The number of hydrogen-bond acceptors (Lipinski definition) is 5. The minimum atomic E-state index is 0.0976. The Bertz CT molecular complexity index is 760. The fourth-order valence-corrected chi connectivity index (χ4v) is 4.46. The quantitative estimate of drug-likeness (QED) is 0.913. The van der Waals surface area contributed by atoms with Crippen molar-refractivity contribution in [3.63, 3.8) is 0 Å². The molecule has 0 atom stereocenters. The second-order valence-electron chi connectivity index (χ2n) is 6.83. The fourth-order valence-electron chi connectivity index (χ4n) is 3.21. The van der Waals surface area contributed by atoms with Gasteiger partial charge in [-0.05, 0) is 59.2 Å². The van der Waals surface area contributed by atoms with Crippen LogP contribution in [0.3, 0.4) is 0 Å². The Hall–Kier alpha value is -1.40. The minimum Gasteiger partial charge on any atom is -0.354 e. The molecule has 0 fully saturated rings. The third kappa shape index (κ3) is 3.15. The Labute approximate surface area is 141 Å². The molecule has 0 saturated heterocycles. The van der Waals surface area contributed by atoms with Crippen LogP contribution >= 0.6 is 11.3 Å². The van der Waals surface area contributed by atoms with Gasteiger partial charge in [0, 0.05) is 24.0 Å². The normalized spacial score (nSPS) is 14.7. The van der Waals surface area contributed by atoms with Crippen molar-refractivity contribution in [2.75, 3.05) is 32.5 Å². The van der Waals surface area contributed by atoms with E-state index in [-0.39, 0.29) is 11.6 Å². The number of hydrogen-bond donors (Lipinski definition) is 1. The lowest BCUT2D eigenvalue weighted by Gasteiger charge is -2.18. The molecule has 2 aromatic heterocycles. The van der Waals surface area contributed by atoms with Crippen LogP contribution in [-0.2, 0) is 12.8 Å². The molecule has 0 unspecified atom stereocenters. The van der Waals surface area contributed by atoms with E-state index in [9.17, 15) is 4.79 Å². The standard InChI is InChI=1S/C17H26N4OS/c1-11(2)21-16(22)14-12-7-5-6-8-13(12)23-15(14)19-17(21)18-9-10-20(3)4/h11H,5-10H2,1-4H3,(H,18,19). The number of nitrogens with one attached hydrogen (secondary N) is 1. The Morgan fingerprint density at radius 3 is 2.74 bits per heavy atom. The Kier molecular flexibility index (Phi) is 4.73. The lowest BCUT2D eigenvalue weighted by molar-refractivity contribution is 0.424. The third-order valence-electron chi connectivity index (χ3n) is 4.38. The summed E-state index contributed by atoms with van der Waals surface area (Å²) in [7, 11) is 4.09. The smallest absolute Gasteiger partial charge is 0.264 e. The van der Waals surface area contributed by atoms with Crippen molar-refractivity contribution in [1.29, 1.82) is 0 Å². The highest BCUT2D eigenvalue weighted by Crippen LogP contribution is 2.34. The number of thiophene rings is 1. The second kappa shape index (κ2) is 6.61. The predicted octanol–water partition coefficient (Wildman–Crippen LogP) is 2.89. The van der Waals surface area contributed by atoms with Crippen molar-refractivity contribution in [2.24, 2.45) is 0 Å². The van der Waals surface area contributed by atoms with Gasteiger partial charge in [-0.25, -0.2) is 4.98 Å². The summed E-state index contributed by atoms with van der Waals surface area (Å²) < 4.78 is 1.82. The van der Waals surface area contributed by atoms with Crippen LogP contribution in [0.1, 0.15) is 43.2 Å². The molecule has 5 nitrogen and oxygen atoms in total. The van der Waals surface area contributed by atoms with Gasteiger partial charge in [0.05, 0.1) is 5.39 Å². The van der Waals surface area contributed by atoms with Gasteiger partial charge in [0.1, 0.15) is 4.83 Å². The van der Waals surface area contributed by atoms with Crippen LogP contribution in [0.2, 0.25) is 0 Å². The second-order valence-corrected chi connectivity index (χ2v) is 7.91. The van der Waals surface area contributed by atoms with E-state index >= 15 is 0 Å². The van der Waals surface area contributed by atoms with Crippen LogP contribution < -0.4 is 10.9 Å². The zero-order chi connectivity index (χ0) is 16.6. The minimum absolute atomic E-state index is 0.0976. The van der Waals surface area contributed by atoms with Crippen molar-refractivity contribution < 1.29 is 0 Å². The van der Waals surface area contributed by atoms with Gasteiger partial charge in [-0.2, -0.15) is 0 Å². The molecule has 1 N–H and O–H groups in total. The average Bonchev–Trinajstić information content (AvgIpc) is 2.84. The highest BCUT2D eigenvalue weighted by molar-refractivity contribution is 7.18. The number of aryl methyl sites for hydroxylation is 2. The van der Waals surface area contributed by atoms with E-state index in [1.807, 2.05) is 32.5 Å². The van der Waals surface area contributed by atoms with Gasteiger partial charge >= 0.3 is 0 Å². The predicted molar refractivity (Wildman–Crippen MR) is 98.0 cm³/mol. The van der Waals surface area contributed by atoms with Gasteiger partial charge in [-0.1, -0.05) is 0 Å². The van der Waals surface area contributed by atoms with Gasteiger partial charge in [0.25, 0.3) is 5.56 Å². The Morgan fingerprint density at radius 1 is 1.30 bits per heavy atom. The molecule has 126 valence electrons. The van der Waals surface area contributed by atoms with Crippen LogP contribution in [0.15, 0.2) is 4.79 Å². The molecule has 1 aliphatic carbocycles. The van der Waals surface area contributed by atoms with Crippen LogP contribution in [0.4, 0.5) is 5.95 Å². The largest absolute Gasteiger partial charge is 0.354 e. The molecule has 0 saturated carbocycles. The van der Waals surface area contributed by atoms with E-state index in [4.69, 9.17) is 4.98 Å². The van der Waals surface area contributed by atoms with E-state index in [2.05, 4.69) is 10.2 Å². The molecule has 23 heavy (non-hydrogen) atoms. The molecule has 3 rings (SSSR count). The maximum atomic E-state index is 13.1. The van der Waals surface area contributed by atoms with Gasteiger partial charge in [0.15, 0.2) is 0 Å². The molecule has 1 aliphatic rings. The molecule has 0 amide bonds. The summed E-state index contributed by atoms with van der Waals surface area (Å²) in [5.41, 5.74) is 1.39. The monoisotopic (exact) mass is 334 g/mol. The molecular weight excluding hydrogens is 308 g/mol.